The average molecular weight is 1010 g/mol. The van der Waals surface area contributed by atoms with E-state index in [1.807, 2.05) is 0 Å². The molecule has 0 saturated heterocycles. The molecule has 1 atom stereocenters. The lowest BCUT2D eigenvalue weighted by molar-refractivity contribution is -0.167. The molecular formula is C66H124O6. The Morgan fingerprint density at radius 3 is 0.764 bits per heavy atom. The number of carbonyl (C=O) groups excluding carboxylic acids is 3. The van der Waals surface area contributed by atoms with E-state index >= 15 is 0 Å². The molecule has 0 aromatic rings. The molecule has 0 fully saturated rings. The number of hydrogen-bond donors (Lipinski definition) is 0. The molecule has 0 aromatic heterocycles. The molecule has 424 valence electrons. The predicted octanol–water partition coefficient (Wildman–Crippen LogP) is 21.8. The van der Waals surface area contributed by atoms with Crippen molar-refractivity contribution in [3.63, 3.8) is 0 Å². The summed E-state index contributed by atoms with van der Waals surface area (Å²) in [5, 5.41) is 0. The summed E-state index contributed by atoms with van der Waals surface area (Å²) in [5.41, 5.74) is 0. The first-order chi connectivity index (χ1) is 35.5. The summed E-state index contributed by atoms with van der Waals surface area (Å²) >= 11 is 0. The molecule has 6 heteroatoms. The van der Waals surface area contributed by atoms with Crippen molar-refractivity contribution in [1.29, 1.82) is 0 Å². The highest BCUT2D eigenvalue weighted by atomic mass is 16.6. The van der Waals surface area contributed by atoms with Gasteiger partial charge in [-0.3, -0.25) is 14.4 Å². The average Bonchev–Trinajstić information content (AvgIpc) is 3.38. The van der Waals surface area contributed by atoms with Gasteiger partial charge in [-0.05, 0) is 51.4 Å². The maximum atomic E-state index is 12.9. The molecule has 0 bridgehead atoms. The van der Waals surface area contributed by atoms with E-state index in [9.17, 15) is 14.4 Å². The SMILES string of the molecule is CCCCCCC/C=C\C/C=C\CCCCCCCCCCCCCCCCCCCC(=O)OCC(COC(=O)CCCCCCCCCCC)OC(=O)CCCCCCCCCCCCCCCCCC. The molecule has 0 aliphatic heterocycles. The van der Waals surface area contributed by atoms with Crippen molar-refractivity contribution in [1.82, 2.24) is 0 Å². The molecule has 0 saturated carbocycles. The Morgan fingerprint density at radius 1 is 0.278 bits per heavy atom. The van der Waals surface area contributed by atoms with Crippen molar-refractivity contribution < 1.29 is 28.6 Å². The van der Waals surface area contributed by atoms with Crippen LogP contribution in [0.25, 0.3) is 0 Å². The minimum absolute atomic E-state index is 0.0643. The van der Waals surface area contributed by atoms with E-state index in [4.69, 9.17) is 14.2 Å². The maximum absolute atomic E-state index is 12.9. The topological polar surface area (TPSA) is 78.9 Å². The minimum Gasteiger partial charge on any atom is -0.462 e. The van der Waals surface area contributed by atoms with Crippen LogP contribution in [0.5, 0.6) is 0 Å². The van der Waals surface area contributed by atoms with Crippen LogP contribution in [0.3, 0.4) is 0 Å². The molecule has 0 heterocycles. The normalized spacial score (nSPS) is 12.1. The third-order valence-electron chi connectivity index (χ3n) is 14.7. The Labute approximate surface area is 449 Å². The lowest BCUT2D eigenvalue weighted by atomic mass is 10.0. The highest BCUT2D eigenvalue weighted by molar-refractivity contribution is 5.71. The van der Waals surface area contributed by atoms with Gasteiger partial charge in [0.1, 0.15) is 13.2 Å². The van der Waals surface area contributed by atoms with E-state index in [-0.39, 0.29) is 31.1 Å². The Bertz CT molecular complexity index is 1160. The molecule has 0 radical (unpaired) electrons. The smallest absolute Gasteiger partial charge is 0.306 e. The van der Waals surface area contributed by atoms with Crippen LogP contribution in [0.15, 0.2) is 24.3 Å². The van der Waals surface area contributed by atoms with Crippen LogP contribution in [0.4, 0.5) is 0 Å². The molecule has 1 unspecified atom stereocenters. The third-order valence-corrected chi connectivity index (χ3v) is 14.7. The summed E-state index contributed by atoms with van der Waals surface area (Å²) in [6, 6.07) is 0. The van der Waals surface area contributed by atoms with Crippen LogP contribution >= 0.6 is 0 Å². The molecule has 6 nitrogen and oxygen atoms in total. The molecule has 0 N–H and O–H groups in total. The van der Waals surface area contributed by atoms with Crippen LogP contribution in [0.2, 0.25) is 0 Å². The lowest BCUT2D eigenvalue weighted by Gasteiger charge is -2.18. The maximum Gasteiger partial charge on any atom is 0.306 e. The van der Waals surface area contributed by atoms with Crippen molar-refractivity contribution in [3.05, 3.63) is 24.3 Å². The number of allylic oxidation sites excluding steroid dienone is 4. The van der Waals surface area contributed by atoms with Crippen LogP contribution in [-0.4, -0.2) is 37.2 Å². The fourth-order valence-electron chi connectivity index (χ4n) is 9.83. The summed E-state index contributed by atoms with van der Waals surface area (Å²) in [6.45, 7) is 6.67. The largest absolute Gasteiger partial charge is 0.462 e. The molecule has 0 rings (SSSR count). The highest BCUT2D eigenvalue weighted by Crippen LogP contribution is 2.18. The zero-order valence-electron chi connectivity index (χ0n) is 48.7. The standard InChI is InChI=1S/C66H124O6/c1-4-7-10-13-16-19-21-23-25-27-28-29-30-31-32-33-34-35-36-37-38-39-41-42-44-47-50-53-56-59-65(68)71-62-63(61-70-64(67)58-55-52-49-46-18-15-12-9-6-3)72-66(69)60-57-54-51-48-45-43-40-26-24-22-20-17-14-11-8-5-2/h21,23,27-28,63H,4-20,22,24-26,29-62H2,1-3H3/b23-21-,28-27-. The summed E-state index contributed by atoms with van der Waals surface area (Å²) in [6.07, 6.45) is 73.5. The number of esters is 3. The van der Waals surface area contributed by atoms with Crippen molar-refractivity contribution >= 4 is 17.9 Å². The second-order valence-electron chi connectivity index (χ2n) is 22.0. The highest BCUT2D eigenvalue weighted by Gasteiger charge is 2.19. The number of rotatable bonds is 60. The van der Waals surface area contributed by atoms with E-state index < -0.39 is 6.10 Å². The van der Waals surface area contributed by atoms with Gasteiger partial charge in [-0.2, -0.15) is 0 Å². The Kier molecular flexibility index (Phi) is 59.6. The number of hydrogen-bond acceptors (Lipinski definition) is 6. The molecule has 72 heavy (non-hydrogen) atoms. The minimum atomic E-state index is -0.764. The lowest BCUT2D eigenvalue weighted by Crippen LogP contribution is -2.30. The third kappa shape index (κ3) is 58.8. The number of carbonyl (C=O) groups is 3. The van der Waals surface area contributed by atoms with Gasteiger partial charge in [0, 0.05) is 19.3 Å². The molecule has 0 aliphatic rings. The number of ether oxygens (including phenoxy) is 3. The van der Waals surface area contributed by atoms with Gasteiger partial charge in [-0.25, -0.2) is 0 Å². The molecule has 0 amide bonds. The van der Waals surface area contributed by atoms with Crippen molar-refractivity contribution in [2.45, 2.75) is 367 Å². The van der Waals surface area contributed by atoms with E-state index in [1.165, 1.54) is 257 Å². The summed E-state index contributed by atoms with van der Waals surface area (Å²) in [4.78, 5) is 38.1. The molecular weight excluding hydrogens is 889 g/mol. The quantitative estimate of drug-likeness (QED) is 0.0261. The number of unbranched alkanes of at least 4 members (excludes halogenated alkanes) is 45. The van der Waals surface area contributed by atoms with Crippen molar-refractivity contribution in [2.75, 3.05) is 13.2 Å². The van der Waals surface area contributed by atoms with Crippen LogP contribution < -0.4 is 0 Å². The Morgan fingerprint density at radius 2 is 0.500 bits per heavy atom. The fraction of sp³-hybridized carbons (Fsp3) is 0.894. The van der Waals surface area contributed by atoms with Crippen molar-refractivity contribution in [2.24, 2.45) is 0 Å². The molecule has 0 spiro atoms. The first-order valence-electron chi connectivity index (χ1n) is 32.3. The van der Waals surface area contributed by atoms with Crippen LogP contribution in [0.1, 0.15) is 361 Å². The second kappa shape index (κ2) is 61.4. The Hall–Kier alpha value is -2.11. The van der Waals surface area contributed by atoms with Gasteiger partial charge in [-0.15, -0.1) is 0 Å². The second-order valence-corrected chi connectivity index (χ2v) is 22.0. The first-order valence-corrected chi connectivity index (χ1v) is 32.3. The van der Waals surface area contributed by atoms with E-state index in [2.05, 4.69) is 45.1 Å². The predicted molar refractivity (Wildman–Crippen MR) is 312 cm³/mol. The van der Waals surface area contributed by atoms with Gasteiger partial charge in [0.05, 0.1) is 0 Å². The summed E-state index contributed by atoms with van der Waals surface area (Å²) in [7, 11) is 0. The zero-order valence-corrected chi connectivity index (χ0v) is 48.7. The van der Waals surface area contributed by atoms with Gasteiger partial charge in [0.15, 0.2) is 6.10 Å². The van der Waals surface area contributed by atoms with Crippen LogP contribution in [-0.2, 0) is 28.6 Å². The van der Waals surface area contributed by atoms with Gasteiger partial charge < -0.3 is 14.2 Å². The first kappa shape index (κ1) is 69.9. The Balaban J connectivity index is 4.07. The van der Waals surface area contributed by atoms with Gasteiger partial charge in [-0.1, -0.05) is 315 Å². The van der Waals surface area contributed by atoms with Crippen molar-refractivity contribution in [3.8, 4) is 0 Å². The molecule has 0 aromatic carbocycles. The van der Waals surface area contributed by atoms with E-state index in [0.29, 0.717) is 19.3 Å². The van der Waals surface area contributed by atoms with Crippen LogP contribution in [0, 0.1) is 0 Å². The molecule has 0 aliphatic carbocycles. The van der Waals surface area contributed by atoms with E-state index in [1.54, 1.807) is 0 Å². The zero-order chi connectivity index (χ0) is 52.2. The van der Waals surface area contributed by atoms with Gasteiger partial charge >= 0.3 is 17.9 Å². The van der Waals surface area contributed by atoms with Gasteiger partial charge in [0.25, 0.3) is 0 Å². The van der Waals surface area contributed by atoms with E-state index in [0.717, 1.165) is 64.2 Å². The fourth-order valence-corrected chi connectivity index (χ4v) is 9.83. The van der Waals surface area contributed by atoms with Gasteiger partial charge in [0.2, 0.25) is 0 Å². The monoisotopic (exact) mass is 1010 g/mol. The summed E-state index contributed by atoms with van der Waals surface area (Å²) < 4.78 is 16.9. The summed E-state index contributed by atoms with van der Waals surface area (Å²) in [5.74, 6) is -0.841.